The van der Waals surface area contributed by atoms with Gasteiger partial charge in [0.15, 0.2) is 0 Å². The Balaban J connectivity index is 1.50. The summed E-state index contributed by atoms with van der Waals surface area (Å²) in [5.41, 5.74) is 3.71. The molecule has 0 amide bonds. The van der Waals surface area contributed by atoms with Crippen molar-refractivity contribution in [2.75, 3.05) is 0 Å². The van der Waals surface area contributed by atoms with Crippen molar-refractivity contribution in [2.24, 2.45) is 11.8 Å². The first kappa shape index (κ1) is 69.6. The molecule has 0 aliphatic rings. The number of rotatable bonds is 52. The van der Waals surface area contributed by atoms with Crippen molar-refractivity contribution < 1.29 is 0 Å². The summed E-state index contributed by atoms with van der Waals surface area (Å²) in [4.78, 5) is 30.0. The van der Waals surface area contributed by atoms with Gasteiger partial charge in [-0.1, -0.05) is 207 Å². The topological polar surface area (TPSA) is 44.0 Å². The van der Waals surface area contributed by atoms with Gasteiger partial charge in [0.1, 0.15) is 0 Å². The van der Waals surface area contributed by atoms with E-state index in [1.54, 1.807) is 0 Å². The minimum atomic E-state index is 0.0422. The van der Waals surface area contributed by atoms with Crippen molar-refractivity contribution in [3.8, 4) is 20.0 Å². The van der Waals surface area contributed by atoms with E-state index in [1.165, 1.54) is 276 Å². The second-order valence-corrected chi connectivity index (χ2v) is 32.8. The number of unbranched alkanes of at least 4 members (excludes halogenated alkanes) is 34. The van der Waals surface area contributed by atoms with E-state index in [1.807, 2.05) is 0 Å². The van der Waals surface area contributed by atoms with Gasteiger partial charge < -0.3 is 0 Å². The van der Waals surface area contributed by atoms with Crippen molar-refractivity contribution in [1.82, 2.24) is 9.13 Å². The molecule has 2 atom stereocenters. The minimum Gasteiger partial charge on any atom is -0.0654 e. The third kappa shape index (κ3) is 29.1. The normalized spacial score (nSPS) is 12.6. The summed E-state index contributed by atoms with van der Waals surface area (Å²) < 4.78 is 8.79. The monoisotopic (exact) mass is 1330 g/mol. The molecule has 444 valence electrons. The van der Waals surface area contributed by atoms with E-state index in [9.17, 15) is 9.59 Å². The number of halogens is 2. The Kier molecular flexibility index (Phi) is 40.6. The van der Waals surface area contributed by atoms with Crippen LogP contribution in [0, 0.1) is 11.8 Å². The van der Waals surface area contributed by atoms with Gasteiger partial charge in [-0.25, -0.2) is 0 Å². The van der Waals surface area contributed by atoms with Gasteiger partial charge >= 0.3 is 305 Å². The molecule has 4 aromatic rings. The summed E-state index contributed by atoms with van der Waals surface area (Å²) in [6.45, 7) is 10.6. The first-order valence-corrected chi connectivity index (χ1v) is 38.6. The van der Waals surface area contributed by atoms with E-state index in [2.05, 4.69) is 105 Å². The molecule has 4 rings (SSSR count). The second-order valence-electron chi connectivity index (χ2n) is 24.2. The van der Waals surface area contributed by atoms with E-state index >= 15 is 0 Å². The van der Waals surface area contributed by atoms with Crippen molar-refractivity contribution >= 4 is 71.9 Å². The predicted octanol–water partition coefficient (Wildman–Crippen LogP) is 23.4. The molecular formula is C70H116Br2N2O2Se2. The van der Waals surface area contributed by atoms with Crippen LogP contribution in [-0.2, 0) is 13.1 Å². The molecule has 0 aliphatic carbocycles. The average Bonchev–Trinajstić information content (AvgIpc) is 4.24. The van der Waals surface area contributed by atoms with Gasteiger partial charge in [0.05, 0.1) is 0 Å². The molecule has 4 aromatic heterocycles. The number of fused-ring (bicyclic) bond motifs is 1. The van der Waals surface area contributed by atoms with Crippen LogP contribution in [0.1, 0.15) is 323 Å². The van der Waals surface area contributed by atoms with Crippen LogP contribution in [0.3, 0.4) is 0 Å². The van der Waals surface area contributed by atoms with Gasteiger partial charge in [-0.15, -0.1) is 0 Å². The van der Waals surface area contributed by atoms with Crippen LogP contribution < -0.4 is 11.1 Å². The van der Waals surface area contributed by atoms with Gasteiger partial charge in [0.25, 0.3) is 0 Å². The summed E-state index contributed by atoms with van der Waals surface area (Å²) in [6.07, 6.45) is 62.2. The Bertz CT molecular complexity index is 2050. The van der Waals surface area contributed by atoms with Crippen molar-refractivity contribution in [1.29, 1.82) is 0 Å². The molecule has 0 saturated heterocycles. The maximum absolute atomic E-state index is 15.0. The fraction of sp³-hybridized carbons (Fsp3) is 0.771. The zero-order valence-corrected chi connectivity index (χ0v) is 57.4. The Morgan fingerprint density at radius 3 is 0.795 bits per heavy atom. The maximum atomic E-state index is 15.0. The van der Waals surface area contributed by atoms with E-state index in [4.69, 9.17) is 0 Å². The molecular weight excluding hydrogens is 1220 g/mol. The Labute approximate surface area is 508 Å². The van der Waals surface area contributed by atoms with Gasteiger partial charge in [0.2, 0.25) is 0 Å². The van der Waals surface area contributed by atoms with Crippen LogP contribution in [0.4, 0.5) is 0 Å². The third-order valence-corrected chi connectivity index (χ3v) is 23.4. The number of aryl methyl sites for hydroxylation is 2. The summed E-state index contributed by atoms with van der Waals surface area (Å²) in [5, 5.41) is 0. The Hall–Kier alpha value is -0.881. The molecule has 0 N–H and O–H groups in total. The molecule has 0 spiro atoms. The molecule has 78 heavy (non-hydrogen) atoms. The minimum absolute atomic E-state index is 0.0422. The van der Waals surface area contributed by atoms with Crippen LogP contribution >= 0.6 is 31.9 Å². The van der Waals surface area contributed by atoms with Crippen molar-refractivity contribution in [2.45, 2.75) is 336 Å². The third-order valence-electron chi connectivity index (χ3n) is 17.4. The van der Waals surface area contributed by atoms with E-state index in [0.29, 0.717) is 13.1 Å². The first-order chi connectivity index (χ1) is 38.3. The molecule has 0 aliphatic heterocycles. The second kappa shape index (κ2) is 45.5. The number of hydrogen-bond donors (Lipinski definition) is 0. The van der Waals surface area contributed by atoms with E-state index in [-0.39, 0.29) is 40.1 Å². The van der Waals surface area contributed by atoms with E-state index in [0.717, 1.165) is 68.6 Å². The fourth-order valence-corrected chi connectivity index (χ4v) is 17.6. The van der Waals surface area contributed by atoms with Gasteiger partial charge in [0, 0.05) is 0 Å². The molecule has 0 fully saturated rings. The summed E-state index contributed by atoms with van der Waals surface area (Å²) in [6, 6.07) is 12.8. The van der Waals surface area contributed by atoms with Gasteiger partial charge in [-0.05, 0) is 0 Å². The summed E-state index contributed by atoms with van der Waals surface area (Å²) in [7, 11) is 0. The Morgan fingerprint density at radius 2 is 0.564 bits per heavy atom. The number of pyridine rings is 2. The number of aromatic nitrogens is 2. The van der Waals surface area contributed by atoms with Crippen molar-refractivity contribution in [3.05, 3.63) is 63.8 Å². The smallest absolute Gasteiger partial charge is 0.0654 e. The Morgan fingerprint density at radius 1 is 0.333 bits per heavy atom. The molecule has 0 saturated carbocycles. The average molecular weight is 1340 g/mol. The fourth-order valence-electron chi connectivity index (χ4n) is 12.4. The first-order valence-electron chi connectivity index (χ1n) is 33.6. The van der Waals surface area contributed by atoms with Crippen LogP contribution in [0.5, 0.6) is 0 Å². The van der Waals surface area contributed by atoms with Gasteiger partial charge in [-0.2, -0.15) is 0 Å². The molecule has 0 bridgehead atoms. The zero-order valence-electron chi connectivity index (χ0n) is 50.8. The SMILES string of the molecule is CCCCCCCCCCCCC(CCCCCCCCCC)CCCCn1c(=O)c(-c2ccc(Br)[se]2)cc2c1cc(-c1ccc(Br)[se]1)c(=O)n2CCCCC(CCCCCCCCCC)CCCCCCCCCCCC. The predicted molar refractivity (Wildman–Crippen MR) is 355 cm³/mol. The molecule has 0 aromatic carbocycles. The quantitative estimate of drug-likeness (QED) is 0.0327. The molecule has 4 heterocycles. The zero-order chi connectivity index (χ0) is 55.7. The van der Waals surface area contributed by atoms with Crippen LogP contribution in [0.25, 0.3) is 31.0 Å². The van der Waals surface area contributed by atoms with E-state index < -0.39 is 0 Å². The molecule has 8 heteroatoms. The number of nitrogens with zero attached hydrogens (tertiary/aromatic N) is 2. The number of hydrogen-bond acceptors (Lipinski definition) is 2. The summed E-state index contributed by atoms with van der Waals surface area (Å²) >= 11 is 7.65. The van der Waals surface area contributed by atoms with Gasteiger partial charge in [-0.3, -0.25) is 0 Å². The van der Waals surface area contributed by atoms with Crippen molar-refractivity contribution in [3.63, 3.8) is 0 Å². The van der Waals surface area contributed by atoms with Crippen LogP contribution in [0.15, 0.2) is 52.7 Å². The van der Waals surface area contributed by atoms with Crippen LogP contribution in [-0.4, -0.2) is 38.1 Å². The standard InChI is InChI=1S/C70H116Br2N2O2Se2/c1-5-9-13-17-21-25-27-31-35-39-47-59(45-37-33-29-23-19-15-11-7-3)49-41-43-55-73-63-57-62(66-52-54-68(72)78-66)70(76)74(64(63)58-61(69(73)75)65-51-53-67(71)77-65)56-44-42-50-60(46-38-34-30-24-20-16-12-8-4)48-40-36-32-28-26-22-18-14-10-6-2/h51-54,57-60H,5-50,55-56H2,1-4H3. The van der Waals surface area contributed by atoms with Crippen LogP contribution in [0.2, 0.25) is 0 Å². The molecule has 4 nitrogen and oxygen atoms in total. The molecule has 0 radical (unpaired) electrons. The summed E-state index contributed by atoms with van der Waals surface area (Å²) in [5.74, 6) is 1.56. The molecule has 2 unspecified atom stereocenters.